The fraction of sp³-hybridized carbons (Fsp3) is 0.350. The molecule has 27 heavy (non-hydrogen) atoms. The third-order valence-electron chi connectivity index (χ3n) is 5.27. The van der Waals surface area contributed by atoms with Gasteiger partial charge in [-0.15, -0.1) is 0 Å². The minimum atomic E-state index is -1.32. The number of rotatable bonds is 3. The van der Waals surface area contributed by atoms with Gasteiger partial charge in [-0.1, -0.05) is 30.3 Å². The van der Waals surface area contributed by atoms with E-state index in [1.165, 1.54) is 18.6 Å². The maximum absolute atomic E-state index is 11.7. The first-order valence-electron chi connectivity index (χ1n) is 9.03. The third-order valence-corrected chi connectivity index (χ3v) is 5.27. The van der Waals surface area contributed by atoms with E-state index in [0.717, 1.165) is 37.3 Å². The van der Waals surface area contributed by atoms with Crippen molar-refractivity contribution in [1.82, 2.24) is 0 Å². The molecule has 0 aliphatic carbocycles. The molecule has 0 fully saturated rings. The number of nitro groups is 1. The number of hydrogen-bond acceptors (Lipinski definition) is 4. The van der Waals surface area contributed by atoms with Gasteiger partial charge >= 0.3 is 0 Å². The van der Waals surface area contributed by atoms with Crippen LogP contribution in [-0.2, 0) is 5.72 Å². The maximum Gasteiger partial charge on any atom is 0.275 e. The molecule has 2 aliphatic rings. The molecule has 0 aromatic heterocycles. The van der Waals surface area contributed by atoms with E-state index in [9.17, 15) is 15.2 Å². The lowest BCUT2D eigenvalue weighted by Crippen LogP contribution is -3.00. The van der Waals surface area contributed by atoms with Crippen molar-refractivity contribution in [3.8, 4) is 0 Å². The lowest BCUT2D eigenvalue weighted by atomic mass is 9.99. The van der Waals surface area contributed by atoms with E-state index in [2.05, 4.69) is 4.58 Å². The zero-order chi connectivity index (χ0) is 18.1. The summed E-state index contributed by atoms with van der Waals surface area (Å²) >= 11 is 0. The normalized spacial score (nSPS) is 22.0. The summed E-state index contributed by atoms with van der Waals surface area (Å²) in [6, 6.07) is 16.2. The van der Waals surface area contributed by atoms with Gasteiger partial charge in [-0.05, 0) is 31.4 Å². The van der Waals surface area contributed by atoms with Crippen LogP contribution in [-0.4, -0.2) is 33.5 Å². The lowest BCUT2D eigenvalue weighted by Gasteiger charge is -2.29. The zero-order valence-corrected chi connectivity index (χ0v) is 16.5. The quantitative estimate of drug-likeness (QED) is 0.429. The molecule has 6 nitrogen and oxygen atoms in total. The number of hydrogen-bond donors (Lipinski definition) is 1. The van der Waals surface area contributed by atoms with Crippen LogP contribution in [0.25, 0.3) is 0 Å². The van der Waals surface area contributed by atoms with Crippen LogP contribution < -0.4 is 21.9 Å². The first-order valence-corrected chi connectivity index (χ1v) is 9.03. The second-order valence-electron chi connectivity index (χ2n) is 6.94. The number of nitro benzene ring substituents is 1. The van der Waals surface area contributed by atoms with Crippen LogP contribution in [0.5, 0.6) is 0 Å². The first kappa shape index (κ1) is 19.5. The standard InChI is InChI=1S/C20H22N3O3.BrH/c24-20(16-8-7-11-18(14-16)23(25)26)15-21-13-6-2-5-12-19(21)22(20)17-9-3-1-4-10-17;/h1,3-4,7-11,14,24H,2,5-6,12-13,15H2;1H/q+1;/p-1. The molecule has 0 amide bonds. The molecule has 0 radical (unpaired) electrons. The molecule has 7 heteroatoms. The van der Waals surface area contributed by atoms with Gasteiger partial charge in [0.05, 0.1) is 11.5 Å². The van der Waals surface area contributed by atoms with E-state index in [0.29, 0.717) is 12.1 Å². The van der Waals surface area contributed by atoms with Crippen molar-refractivity contribution in [2.45, 2.75) is 31.4 Å². The summed E-state index contributed by atoms with van der Waals surface area (Å²) < 4.78 is 2.23. The molecule has 142 valence electrons. The summed E-state index contributed by atoms with van der Waals surface area (Å²) in [4.78, 5) is 12.8. The molecule has 0 saturated heterocycles. The number of nitrogens with zero attached hydrogens (tertiary/aromatic N) is 3. The third kappa shape index (κ3) is 3.49. The Kier molecular flexibility index (Phi) is 5.62. The van der Waals surface area contributed by atoms with E-state index >= 15 is 0 Å². The Hall–Kier alpha value is -2.25. The highest BCUT2D eigenvalue weighted by Crippen LogP contribution is 2.38. The molecule has 0 bridgehead atoms. The van der Waals surface area contributed by atoms with Crippen molar-refractivity contribution < 1.29 is 31.6 Å². The summed E-state index contributed by atoms with van der Waals surface area (Å²) in [7, 11) is 0. The highest BCUT2D eigenvalue weighted by Gasteiger charge is 2.54. The van der Waals surface area contributed by atoms with Crippen LogP contribution in [0.3, 0.4) is 0 Å². The molecule has 2 heterocycles. The molecule has 2 aromatic carbocycles. The van der Waals surface area contributed by atoms with E-state index in [4.69, 9.17) is 0 Å². The Morgan fingerprint density at radius 3 is 2.59 bits per heavy atom. The predicted molar refractivity (Wildman–Crippen MR) is 99.4 cm³/mol. The van der Waals surface area contributed by atoms with Gasteiger partial charge in [-0.3, -0.25) is 14.7 Å². The molecular weight excluding hydrogens is 410 g/mol. The van der Waals surface area contributed by atoms with Crippen LogP contribution >= 0.6 is 0 Å². The van der Waals surface area contributed by atoms with E-state index in [1.807, 2.05) is 35.2 Å². The molecular formula is C20H22BrN3O3. The summed E-state index contributed by atoms with van der Waals surface area (Å²) in [5.74, 6) is 1.10. The summed E-state index contributed by atoms with van der Waals surface area (Å²) in [5, 5.41) is 23.0. The second kappa shape index (κ2) is 7.78. The van der Waals surface area contributed by atoms with E-state index in [-0.39, 0.29) is 22.7 Å². The fourth-order valence-electron chi connectivity index (χ4n) is 4.05. The number of aliphatic hydroxyl groups is 1. The smallest absolute Gasteiger partial charge is 0.275 e. The van der Waals surface area contributed by atoms with Crippen LogP contribution in [0, 0.1) is 10.1 Å². The topological polar surface area (TPSA) is 69.6 Å². The van der Waals surface area contributed by atoms with Gasteiger partial charge in [-0.2, -0.15) is 4.90 Å². The van der Waals surface area contributed by atoms with Crippen LogP contribution in [0.1, 0.15) is 31.2 Å². The number of non-ortho nitro benzene ring substituents is 1. The van der Waals surface area contributed by atoms with Crippen LogP contribution in [0.4, 0.5) is 11.4 Å². The number of halogens is 1. The molecule has 2 aliphatic heterocycles. The molecule has 4 rings (SSSR count). The highest BCUT2D eigenvalue weighted by molar-refractivity contribution is 5.97. The minimum Gasteiger partial charge on any atom is -1.00 e. The van der Waals surface area contributed by atoms with Crippen molar-refractivity contribution in [2.75, 3.05) is 18.0 Å². The first-order chi connectivity index (χ1) is 12.6. The van der Waals surface area contributed by atoms with Gasteiger partial charge in [0, 0.05) is 24.1 Å². The Morgan fingerprint density at radius 1 is 1.07 bits per heavy atom. The van der Waals surface area contributed by atoms with E-state index < -0.39 is 10.6 Å². The molecule has 0 saturated carbocycles. The largest absolute Gasteiger partial charge is 1.00 e. The molecule has 1 unspecified atom stereocenters. The maximum atomic E-state index is 11.7. The minimum absolute atomic E-state index is 0. The summed E-state index contributed by atoms with van der Waals surface area (Å²) in [6.45, 7) is 1.31. The fourth-order valence-corrected chi connectivity index (χ4v) is 4.05. The Balaban J connectivity index is 0.00000210. The monoisotopic (exact) mass is 431 g/mol. The van der Waals surface area contributed by atoms with Crippen molar-refractivity contribution in [2.24, 2.45) is 0 Å². The molecule has 2 aromatic rings. The van der Waals surface area contributed by atoms with Crippen molar-refractivity contribution in [3.63, 3.8) is 0 Å². The van der Waals surface area contributed by atoms with Gasteiger partial charge in [0.25, 0.3) is 17.2 Å². The van der Waals surface area contributed by atoms with Gasteiger partial charge < -0.3 is 22.1 Å². The number of para-hydroxylation sites is 1. The average molecular weight is 432 g/mol. The molecule has 1 atom stereocenters. The Bertz CT molecular complexity index is 872. The summed E-state index contributed by atoms with van der Waals surface area (Å²) in [5.41, 5.74) is 0.133. The number of benzene rings is 2. The summed E-state index contributed by atoms with van der Waals surface area (Å²) in [6.07, 6.45) is 4.25. The lowest BCUT2D eigenvalue weighted by molar-refractivity contribution is -0.534. The Labute approximate surface area is 168 Å². The predicted octanol–water partition coefficient (Wildman–Crippen LogP) is 0.249. The molecule has 1 N–H and O–H groups in total. The van der Waals surface area contributed by atoms with Gasteiger partial charge in [0.15, 0.2) is 6.54 Å². The number of anilines is 1. The van der Waals surface area contributed by atoms with Crippen molar-refractivity contribution in [1.29, 1.82) is 0 Å². The van der Waals surface area contributed by atoms with Crippen LogP contribution in [0.15, 0.2) is 54.6 Å². The van der Waals surface area contributed by atoms with Crippen molar-refractivity contribution >= 4 is 17.2 Å². The average Bonchev–Trinajstić information content (AvgIpc) is 2.79. The SMILES string of the molecule is O=[N+]([O-])c1cccc(C2(O)C[N+]3=C(CCCCC3)N2c2ccccc2)c1.[Br-]. The van der Waals surface area contributed by atoms with Crippen LogP contribution in [0.2, 0.25) is 0 Å². The second-order valence-corrected chi connectivity index (χ2v) is 6.94. The Morgan fingerprint density at radius 2 is 1.85 bits per heavy atom. The van der Waals surface area contributed by atoms with Gasteiger partial charge in [-0.25, -0.2) is 0 Å². The van der Waals surface area contributed by atoms with Gasteiger partial charge in [0.1, 0.15) is 5.69 Å². The van der Waals surface area contributed by atoms with Crippen molar-refractivity contribution in [3.05, 3.63) is 70.3 Å². The molecule has 0 spiro atoms. The zero-order valence-electron chi connectivity index (χ0n) is 14.9. The van der Waals surface area contributed by atoms with E-state index in [1.54, 1.807) is 12.1 Å². The highest BCUT2D eigenvalue weighted by atomic mass is 79.9. The number of amidine groups is 1. The van der Waals surface area contributed by atoms with Gasteiger partial charge in [0.2, 0.25) is 0 Å².